The lowest BCUT2D eigenvalue weighted by Gasteiger charge is -2.21. The molecule has 0 spiro atoms. The van der Waals surface area contributed by atoms with Gasteiger partial charge in [-0.25, -0.2) is 0 Å². The van der Waals surface area contributed by atoms with E-state index in [1.807, 2.05) is 24.3 Å². The summed E-state index contributed by atoms with van der Waals surface area (Å²) >= 11 is 5.94. The molecule has 0 bridgehead atoms. The molecule has 140 valence electrons. The van der Waals surface area contributed by atoms with Crippen molar-refractivity contribution >= 4 is 17.5 Å². The summed E-state index contributed by atoms with van der Waals surface area (Å²) < 4.78 is 16.1. The average Bonchev–Trinajstić information content (AvgIpc) is 3.08. The van der Waals surface area contributed by atoms with E-state index >= 15 is 0 Å². The van der Waals surface area contributed by atoms with E-state index in [4.69, 9.17) is 25.6 Å². The molecule has 1 amide bonds. The first-order valence-electron chi connectivity index (χ1n) is 8.80. The van der Waals surface area contributed by atoms with Gasteiger partial charge in [0.25, 0.3) is 0 Å². The number of amides is 1. The third-order valence-corrected chi connectivity index (χ3v) is 4.52. The van der Waals surface area contributed by atoms with Gasteiger partial charge < -0.3 is 19.3 Å². The number of hydrogen-bond donors (Lipinski definition) is 1. The molecular formula is C19H23ClN2O4. The Kier molecular flexibility index (Phi) is 7.05. The fourth-order valence-corrected chi connectivity index (χ4v) is 3.05. The van der Waals surface area contributed by atoms with Gasteiger partial charge in [0.1, 0.15) is 6.61 Å². The summed E-state index contributed by atoms with van der Waals surface area (Å²) in [5.41, 5.74) is 1.60. The maximum Gasteiger partial charge on any atom is 0.226 e. The molecule has 6 nitrogen and oxygen atoms in total. The minimum absolute atomic E-state index is 0.0452. The molecule has 0 saturated carbocycles. The second-order valence-electron chi connectivity index (χ2n) is 6.44. The van der Waals surface area contributed by atoms with Crippen molar-refractivity contribution < 1.29 is 18.8 Å². The number of rotatable bonds is 8. The van der Waals surface area contributed by atoms with Gasteiger partial charge in [0, 0.05) is 30.8 Å². The molecule has 0 aliphatic carbocycles. The van der Waals surface area contributed by atoms with E-state index < -0.39 is 0 Å². The molecule has 1 N–H and O–H groups in total. The quantitative estimate of drug-likeness (QED) is 0.763. The number of nitrogens with zero attached hydrogens (tertiary/aromatic N) is 1. The zero-order valence-electron chi connectivity index (χ0n) is 14.6. The van der Waals surface area contributed by atoms with Crippen LogP contribution in [0.25, 0.3) is 0 Å². The highest BCUT2D eigenvalue weighted by atomic mass is 35.5. The molecule has 1 aromatic carbocycles. The van der Waals surface area contributed by atoms with Gasteiger partial charge in [0.2, 0.25) is 5.91 Å². The lowest BCUT2D eigenvalue weighted by atomic mass is 10.0. The summed E-state index contributed by atoms with van der Waals surface area (Å²) in [7, 11) is 0. The van der Waals surface area contributed by atoms with Gasteiger partial charge in [-0.3, -0.25) is 4.79 Å². The Morgan fingerprint density at radius 3 is 2.92 bits per heavy atom. The molecule has 1 saturated heterocycles. The molecule has 0 atom stereocenters. The van der Waals surface area contributed by atoms with Crippen LogP contribution < -0.4 is 5.32 Å². The molecule has 2 aromatic rings. The topological polar surface area (TPSA) is 73.6 Å². The molecular weight excluding hydrogens is 356 g/mol. The zero-order chi connectivity index (χ0) is 18.2. The summed E-state index contributed by atoms with van der Waals surface area (Å²) in [6.45, 7) is 2.98. The molecule has 1 aromatic heterocycles. The van der Waals surface area contributed by atoms with Gasteiger partial charge in [0.15, 0.2) is 5.76 Å². The van der Waals surface area contributed by atoms with E-state index in [2.05, 4.69) is 10.5 Å². The van der Waals surface area contributed by atoms with Gasteiger partial charge in [0.05, 0.1) is 18.7 Å². The molecule has 3 rings (SSSR count). The summed E-state index contributed by atoms with van der Waals surface area (Å²) in [5.74, 6) is 1.05. The first-order valence-corrected chi connectivity index (χ1v) is 9.18. The molecule has 2 heterocycles. The van der Waals surface area contributed by atoms with E-state index in [1.54, 1.807) is 6.07 Å². The summed E-state index contributed by atoms with van der Waals surface area (Å²) in [6, 6.07) is 9.26. The van der Waals surface area contributed by atoms with E-state index in [1.165, 1.54) is 0 Å². The predicted octanol–water partition coefficient (Wildman–Crippen LogP) is 3.13. The van der Waals surface area contributed by atoms with Gasteiger partial charge in [-0.05, 0) is 36.5 Å². The zero-order valence-corrected chi connectivity index (χ0v) is 15.3. The molecule has 1 aliphatic rings. The third kappa shape index (κ3) is 6.12. The highest BCUT2D eigenvalue weighted by Crippen LogP contribution is 2.14. The Morgan fingerprint density at radius 2 is 2.12 bits per heavy atom. The summed E-state index contributed by atoms with van der Waals surface area (Å²) in [4.78, 5) is 12.0. The average molecular weight is 379 g/mol. The van der Waals surface area contributed by atoms with Crippen LogP contribution in [0.3, 0.4) is 0 Å². The van der Waals surface area contributed by atoms with Crippen LogP contribution in [0.15, 0.2) is 34.9 Å². The fourth-order valence-electron chi connectivity index (χ4n) is 2.84. The molecule has 0 unspecified atom stereocenters. The van der Waals surface area contributed by atoms with E-state index in [-0.39, 0.29) is 12.3 Å². The van der Waals surface area contributed by atoms with Crippen LogP contribution in [-0.2, 0) is 33.9 Å². The van der Waals surface area contributed by atoms with Crippen LogP contribution in [0.5, 0.6) is 0 Å². The molecule has 1 fully saturated rings. The lowest BCUT2D eigenvalue weighted by molar-refractivity contribution is -0.120. The SMILES string of the molecule is O=C(Cc1cc(COCc2cccc(Cl)c2)on1)NCC1CCOCC1. The second-order valence-corrected chi connectivity index (χ2v) is 6.88. The Bertz CT molecular complexity index is 713. The van der Waals surface area contributed by atoms with Crippen molar-refractivity contribution in [2.75, 3.05) is 19.8 Å². The largest absolute Gasteiger partial charge is 0.381 e. The Labute approximate surface area is 157 Å². The van der Waals surface area contributed by atoms with Gasteiger partial charge in [-0.1, -0.05) is 28.9 Å². The van der Waals surface area contributed by atoms with Crippen LogP contribution in [-0.4, -0.2) is 30.8 Å². The predicted molar refractivity (Wildman–Crippen MR) is 96.7 cm³/mol. The van der Waals surface area contributed by atoms with Crippen molar-refractivity contribution in [1.82, 2.24) is 10.5 Å². The van der Waals surface area contributed by atoms with Gasteiger partial charge in [-0.2, -0.15) is 0 Å². The van der Waals surface area contributed by atoms with Gasteiger partial charge >= 0.3 is 0 Å². The first-order chi connectivity index (χ1) is 12.7. The standard InChI is InChI=1S/C19H23ClN2O4/c20-16-3-1-2-15(8-16)12-25-13-18-9-17(22-26-18)10-19(23)21-11-14-4-6-24-7-5-14/h1-3,8-9,14H,4-7,10-13H2,(H,21,23). The van der Waals surface area contributed by atoms with Gasteiger partial charge in [-0.15, -0.1) is 0 Å². The number of carbonyl (C=O) groups excluding carboxylic acids is 1. The number of carbonyl (C=O) groups is 1. The van der Waals surface area contributed by atoms with E-state index in [0.717, 1.165) is 31.6 Å². The highest BCUT2D eigenvalue weighted by Gasteiger charge is 2.15. The normalized spacial score (nSPS) is 15.1. The highest BCUT2D eigenvalue weighted by molar-refractivity contribution is 6.30. The smallest absolute Gasteiger partial charge is 0.226 e. The second kappa shape index (κ2) is 9.71. The van der Waals surface area contributed by atoms with Crippen LogP contribution in [0.2, 0.25) is 5.02 Å². The summed E-state index contributed by atoms with van der Waals surface area (Å²) in [6.07, 6.45) is 2.21. The number of nitrogens with one attached hydrogen (secondary N) is 1. The van der Waals surface area contributed by atoms with Crippen molar-refractivity contribution in [3.8, 4) is 0 Å². The van der Waals surface area contributed by atoms with Crippen molar-refractivity contribution in [3.05, 3.63) is 52.4 Å². The van der Waals surface area contributed by atoms with E-state index in [0.29, 0.717) is 42.2 Å². The molecule has 7 heteroatoms. The number of aromatic nitrogens is 1. The Hall–Kier alpha value is -1.89. The minimum Gasteiger partial charge on any atom is -0.381 e. The van der Waals surface area contributed by atoms with Crippen molar-refractivity contribution in [1.29, 1.82) is 0 Å². The Morgan fingerprint density at radius 1 is 1.27 bits per heavy atom. The van der Waals surface area contributed by atoms with Crippen molar-refractivity contribution in [3.63, 3.8) is 0 Å². The van der Waals surface area contributed by atoms with Crippen LogP contribution in [0, 0.1) is 5.92 Å². The monoisotopic (exact) mass is 378 g/mol. The maximum absolute atomic E-state index is 12.0. The molecule has 0 radical (unpaired) electrons. The van der Waals surface area contributed by atoms with Crippen molar-refractivity contribution in [2.24, 2.45) is 5.92 Å². The number of benzene rings is 1. The molecule has 26 heavy (non-hydrogen) atoms. The number of hydrogen-bond acceptors (Lipinski definition) is 5. The Balaban J connectivity index is 1.37. The fraction of sp³-hybridized carbons (Fsp3) is 0.474. The van der Waals surface area contributed by atoms with E-state index in [9.17, 15) is 4.79 Å². The summed E-state index contributed by atoms with van der Waals surface area (Å²) in [5, 5.41) is 7.57. The minimum atomic E-state index is -0.0452. The lowest BCUT2D eigenvalue weighted by Crippen LogP contribution is -2.33. The van der Waals surface area contributed by atoms with Crippen LogP contribution in [0.4, 0.5) is 0 Å². The maximum atomic E-state index is 12.0. The third-order valence-electron chi connectivity index (χ3n) is 4.28. The van der Waals surface area contributed by atoms with Crippen LogP contribution >= 0.6 is 11.6 Å². The first kappa shape index (κ1) is 18.9. The molecule has 1 aliphatic heterocycles. The van der Waals surface area contributed by atoms with Crippen molar-refractivity contribution in [2.45, 2.75) is 32.5 Å². The number of ether oxygens (including phenoxy) is 2. The van der Waals surface area contributed by atoms with Crippen LogP contribution in [0.1, 0.15) is 29.9 Å². The number of halogens is 1.